The molecule has 4 nitrogen and oxygen atoms in total. The lowest BCUT2D eigenvalue weighted by molar-refractivity contribution is -0.134. The van der Waals surface area contributed by atoms with E-state index in [4.69, 9.17) is 32.4 Å². The Morgan fingerprint density at radius 3 is 2.76 bits per heavy atom. The van der Waals surface area contributed by atoms with Crippen LogP contribution < -0.4 is 9.68 Å². The molecule has 7 heteroatoms. The standard InChI is InChI=1S/C18H14Cl2O4S/c1-2-3-4-16(21)23-11-8-13(12-7-10(19)5-6-14(12)20)17-15(9-11)25-18(22)24-17/h5-9H,2-4H2,1H3. The zero-order valence-corrected chi connectivity index (χ0v) is 15.6. The molecule has 0 amide bonds. The van der Waals surface area contributed by atoms with Crippen molar-refractivity contribution in [2.75, 3.05) is 0 Å². The van der Waals surface area contributed by atoms with Crippen molar-refractivity contribution < 1.29 is 13.9 Å². The summed E-state index contributed by atoms with van der Waals surface area (Å²) in [5.74, 6) is 0.0249. The Morgan fingerprint density at radius 2 is 2.00 bits per heavy atom. The summed E-state index contributed by atoms with van der Waals surface area (Å²) in [6.45, 7) is 2.00. The quantitative estimate of drug-likeness (QED) is 0.396. The molecule has 25 heavy (non-hydrogen) atoms. The van der Waals surface area contributed by atoms with Gasteiger partial charge in [-0.15, -0.1) is 0 Å². The minimum Gasteiger partial charge on any atom is -0.426 e. The van der Waals surface area contributed by atoms with Gasteiger partial charge in [-0.05, 0) is 30.7 Å². The number of fused-ring (bicyclic) bond motifs is 1. The lowest BCUT2D eigenvalue weighted by Gasteiger charge is -2.09. The van der Waals surface area contributed by atoms with E-state index < -0.39 is 4.94 Å². The highest BCUT2D eigenvalue weighted by atomic mass is 35.5. The number of carbonyl (C=O) groups excluding carboxylic acids is 1. The lowest BCUT2D eigenvalue weighted by atomic mass is 10.0. The summed E-state index contributed by atoms with van der Waals surface area (Å²) in [6, 6.07) is 8.27. The highest BCUT2D eigenvalue weighted by Gasteiger charge is 2.17. The monoisotopic (exact) mass is 396 g/mol. The van der Waals surface area contributed by atoms with Crippen LogP contribution in [-0.2, 0) is 4.79 Å². The first-order valence-corrected chi connectivity index (χ1v) is 9.29. The summed E-state index contributed by atoms with van der Waals surface area (Å²) in [5, 5.41) is 0.949. The van der Waals surface area contributed by atoms with E-state index in [0.717, 1.165) is 24.2 Å². The summed E-state index contributed by atoms with van der Waals surface area (Å²) < 4.78 is 11.3. The van der Waals surface area contributed by atoms with Crippen LogP contribution in [0.3, 0.4) is 0 Å². The Balaban J connectivity index is 2.11. The van der Waals surface area contributed by atoms with E-state index in [1.165, 1.54) is 0 Å². The SMILES string of the molecule is CCCCC(=O)Oc1cc(-c2cc(Cl)ccc2Cl)c2oc(=O)sc2c1. The largest absolute Gasteiger partial charge is 0.426 e. The average Bonchev–Trinajstić information content (AvgIpc) is 2.94. The Hall–Kier alpha value is -1.82. The molecule has 3 rings (SSSR count). The second kappa shape index (κ2) is 7.60. The number of rotatable bonds is 5. The topological polar surface area (TPSA) is 56.5 Å². The molecular formula is C18H14Cl2O4S. The zero-order valence-electron chi connectivity index (χ0n) is 13.3. The number of ether oxygens (including phenoxy) is 1. The molecule has 0 aliphatic rings. The van der Waals surface area contributed by atoms with Gasteiger partial charge in [-0.3, -0.25) is 4.79 Å². The number of carbonyl (C=O) groups is 1. The van der Waals surface area contributed by atoms with Crippen molar-refractivity contribution in [2.45, 2.75) is 26.2 Å². The number of benzene rings is 2. The number of hydrogen-bond donors (Lipinski definition) is 0. The van der Waals surface area contributed by atoms with Gasteiger partial charge >= 0.3 is 10.9 Å². The van der Waals surface area contributed by atoms with Crippen LogP contribution in [0.15, 0.2) is 39.5 Å². The molecule has 0 radical (unpaired) electrons. The molecule has 1 heterocycles. The molecule has 0 spiro atoms. The van der Waals surface area contributed by atoms with Crippen LogP contribution in [0.5, 0.6) is 5.75 Å². The third kappa shape index (κ3) is 4.06. The van der Waals surface area contributed by atoms with Crippen molar-refractivity contribution >= 4 is 50.8 Å². The third-order valence-electron chi connectivity index (χ3n) is 3.59. The first-order chi connectivity index (χ1) is 12.0. The molecule has 0 saturated carbocycles. The molecule has 130 valence electrons. The van der Waals surface area contributed by atoms with Crippen molar-refractivity contribution in [3.8, 4) is 16.9 Å². The molecule has 0 N–H and O–H groups in total. The van der Waals surface area contributed by atoms with Gasteiger partial charge in [0.2, 0.25) is 0 Å². The Labute approximate surface area is 157 Å². The lowest BCUT2D eigenvalue weighted by Crippen LogP contribution is -2.07. The second-order valence-corrected chi connectivity index (χ2v) is 7.27. The van der Waals surface area contributed by atoms with E-state index in [-0.39, 0.29) is 5.97 Å². The fourth-order valence-electron chi connectivity index (χ4n) is 2.42. The number of unbranched alkanes of at least 4 members (excludes halogenated alkanes) is 1. The van der Waals surface area contributed by atoms with Crippen molar-refractivity contribution in [1.29, 1.82) is 0 Å². The van der Waals surface area contributed by atoms with E-state index in [0.29, 0.717) is 43.6 Å². The minimum atomic E-state index is -0.441. The summed E-state index contributed by atoms with van der Waals surface area (Å²) in [4.78, 5) is 23.2. The summed E-state index contributed by atoms with van der Waals surface area (Å²) in [5.41, 5.74) is 1.56. The molecule has 2 aromatic carbocycles. The molecular weight excluding hydrogens is 383 g/mol. The maximum Gasteiger partial charge on any atom is 0.396 e. The zero-order chi connectivity index (χ0) is 18.0. The Morgan fingerprint density at radius 1 is 1.20 bits per heavy atom. The van der Waals surface area contributed by atoms with Crippen LogP contribution in [0.1, 0.15) is 26.2 Å². The molecule has 0 fully saturated rings. The van der Waals surface area contributed by atoms with Crippen LogP contribution in [-0.4, -0.2) is 5.97 Å². The average molecular weight is 397 g/mol. The molecule has 0 unspecified atom stereocenters. The number of esters is 1. The molecule has 0 aliphatic heterocycles. The summed E-state index contributed by atoms with van der Waals surface area (Å²) >= 11 is 13.3. The smallest absolute Gasteiger partial charge is 0.396 e. The van der Waals surface area contributed by atoms with Gasteiger partial charge in [0.15, 0.2) is 5.58 Å². The fourth-order valence-corrected chi connectivity index (χ4v) is 3.53. The van der Waals surface area contributed by atoms with E-state index in [1.54, 1.807) is 30.3 Å². The Kier molecular flexibility index (Phi) is 5.47. The van der Waals surface area contributed by atoms with Gasteiger partial charge in [-0.25, -0.2) is 4.79 Å². The Bertz CT molecular complexity index is 990. The van der Waals surface area contributed by atoms with Gasteiger partial charge in [0, 0.05) is 33.7 Å². The van der Waals surface area contributed by atoms with Gasteiger partial charge in [0.25, 0.3) is 0 Å². The van der Waals surface area contributed by atoms with E-state index in [2.05, 4.69) is 0 Å². The summed E-state index contributed by atoms with van der Waals surface area (Å²) in [6.07, 6.45) is 2.00. The van der Waals surface area contributed by atoms with Crippen LogP contribution in [0.4, 0.5) is 0 Å². The van der Waals surface area contributed by atoms with Crippen LogP contribution in [0, 0.1) is 0 Å². The molecule has 0 aliphatic carbocycles. The van der Waals surface area contributed by atoms with Crippen molar-refractivity contribution in [3.05, 3.63) is 50.1 Å². The van der Waals surface area contributed by atoms with Gasteiger partial charge in [-0.1, -0.05) is 47.9 Å². The maximum atomic E-state index is 11.9. The van der Waals surface area contributed by atoms with E-state index >= 15 is 0 Å². The van der Waals surface area contributed by atoms with Crippen LogP contribution >= 0.6 is 34.5 Å². The van der Waals surface area contributed by atoms with Crippen molar-refractivity contribution in [3.63, 3.8) is 0 Å². The minimum absolute atomic E-state index is 0.319. The summed E-state index contributed by atoms with van der Waals surface area (Å²) in [7, 11) is 0. The van der Waals surface area contributed by atoms with Crippen molar-refractivity contribution in [2.24, 2.45) is 0 Å². The molecule has 0 atom stereocenters. The fraction of sp³-hybridized carbons (Fsp3) is 0.222. The second-order valence-electron chi connectivity index (χ2n) is 5.45. The van der Waals surface area contributed by atoms with E-state index in [9.17, 15) is 9.59 Å². The highest BCUT2D eigenvalue weighted by Crippen LogP contribution is 2.38. The highest BCUT2D eigenvalue weighted by molar-refractivity contribution is 7.16. The van der Waals surface area contributed by atoms with Gasteiger partial charge in [-0.2, -0.15) is 0 Å². The number of hydrogen-bond acceptors (Lipinski definition) is 5. The van der Waals surface area contributed by atoms with Gasteiger partial charge < -0.3 is 9.15 Å². The third-order valence-corrected chi connectivity index (χ3v) is 4.93. The predicted octanol–water partition coefficient (Wildman–Crippen LogP) is 5.92. The normalized spacial score (nSPS) is 11.0. The molecule has 1 aromatic heterocycles. The van der Waals surface area contributed by atoms with Gasteiger partial charge in [0.1, 0.15) is 5.75 Å². The first kappa shape index (κ1) is 18.0. The molecule has 0 bridgehead atoms. The van der Waals surface area contributed by atoms with E-state index in [1.807, 2.05) is 6.92 Å². The predicted molar refractivity (Wildman–Crippen MR) is 101 cm³/mol. The van der Waals surface area contributed by atoms with Crippen LogP contribution in [0.25, 0.3) is 21.4 Å². The maximum absolute atomic E-state index is 11.9. The number of halogens is 2. The van der Waals surface area contributed by atoms with Gasteiger partial charge in [0.05, 0.1) is 4.70 Å². The van der Waals surface area contributed by atoms with Crippen molar-refractivity contribution in [1.82, 2.24) is 0 Å². The first-order valence-electron chi connectivity index (χ1n) is 7.71. The molecule has 3 aromatic rings. The molecule has 0 saturated heterocycles. The van der Waals surface area contributed by atoms with Crippen LogP contribution in [0.2, 0.25) is 10.0 Å².